The topological polar surface area (TPSA) is 52.6 Å². The zero-order valence-electron chi connectivity index (χ0n) is 13.1. The molecular weight excluding hydrogens is 264 g/mol. The van der Waals surface area contributed by atoms with Crippen molar-refractivity contribution in [1.29, 1.82) is 0 Å². The molecule has 1 aliphatic rings. The minimum Gasteiger partial charge on any atom is -0.481 e. The lowest BCUT2D eigenvalue weighted by atomic mass is 9.99. The van der Waals surface area contributed by atoms with Gasteiger partial charge in [0, 0.05) is 19.1 Å². The third-order valence-corrected chi connectivity index (χ3v) is 4.06. The largest absolute Gasteiger partial charge is 0.481 e. The fourth-order valence-electron chi connectivity index (χ4n) is 2.96. The normalized spacial score (nSPS) is 15.2. The van der Waals surface area contributed by atoms with Crippen LogP contribution in [0.3, 0.4) is 0 Å². The zero-order valence-corrected chi connectivity index (χ0v) is 13.1. The second-order valence-electron chi connectivity index (χ2n) is 6.21. The van der Waals surface area contributed by atoms with Gasteiger partial charge in [0.1, 0.15) is 0 Å². The van der Waals surface area contributed by atoms with Crippen LogP contribution in [0.2, 0.25) is 0 Å². The van der Waals surface area contributed by atoms with Gasteiger partial charge < -0.3 is 15.3 Å². The number of likely N-dealkylation sites (N-methyl/N-ethyl adjacent to an activating group) is 1. The van der Waals surface area contributed by atoms with E-state index in [0.29, 0.717) is 0 Å². The van der Waals surface area contributed by atoms with E-state index in [4.69, 9.17) is 5.11 Å². The summed E-state index contributed by atoms with van der Waals surface area (Å²) in [5.41, 5.74) is 4.17. The molecule has 0 saturated heterocycles. The first-order valence-corrected chi connectivity index (χ1v) is 7.75. The number of aliphatic carboxylic acids is 1. The number of carboxylic acid groups (broad SMARTS) is 1. The molecule has 1 aromatic rings. The zero-order chi connectivity index (χ0) is 15.2. The highest BCUT2D eigenvalue weighted by Gasteiger charge is 2.16. The predicted molar refractivity (Wildman–Crippen MR) is 84.8 cm³/mol. The maximum absolute atomic E-state index is 11.0. The summed E-state index contributed by atoms with van der Waals surface area (Å²) < 4.78 is 0. The molecule has 0 fully saturated rings. The van der Waals surface area contributed by atoms with Crippen LogP contribution >= 0.6 is 0 Å². The van der Waals surface area contributed by atoms with Crippen molar-refractivity contribution in [3.8, 4) is 0 Å². The Hall–Kier alpha value is -1.39. The van der Waals surface area contributed by atoms with Crippen LogP contribution in [-0.2, 0) is 24.1 Å². The second kappa shape index (κ2) is 7.57. The summed E-state index contributed by atoms with van der Waals surface area (Å²) in [5, 5.41) is 12.5. The Bertz CT molecular complexity index is 486. The molecule has 0 aliphatic heterocycles. The fourth-order valence-corrected chi connectivity index (χ4v) is 2.96. The smallest absolute Gasteiger partial charge is 0.304 e. The van der Waals surface area contributed by atoms with Gasteiger partial charge >= 0.3 is 5.97 Å². The molecule has 0 heterocycles. The van der Waals surface area contributed by atoms with E-state index in [0.717, 1.165) is 19.5 Å². The number of benzene rings is 1. The third kappa shape index (κ3) is 5.14. The van der Waals surface area contributed by atoms with Crippen molar-refractivity contribution < 1.29 is 9.90 Å². The lowest BCUT2D eigenvalue weighted by molar-refractivity contribution is -0.137. The first-order chi connectivity index (χ1) is 10.0. The molecule has 0 amide bonds. The maximum atomic E-state index is 11.0. The van der Waals surface area contributed by atoms with E-state index in [9.17, 15) is 4.79 Å². The lowest BCUT2D eigenvalue weighted by Gasteiger charge is -2.19. The Labute approximate surface area is 127 Å². The number of fused-ring (bicyclic) bond motifs is 1. The van der Waals surface area contributed by atoms with E-state index in [1.54, 1.807) is 0 Å². The predicted octanol–water partition coefficient (Wildman–Crippen LogP) is 1.71. The molecule has 1 aliphatic carbocycles. The Morgan fingerprint density at radius 2 is 2.10 bits per heavy atom. The van der Waals surface area contributed by atoms with E-state index < -0.39 is 5.97 Å². The number of aryl methyl sites for hydroxylation is 2. The molecule has 4 heteroatoms. The van der Waals surface area contributed by atoms with Gasteiger partial charge in [-0.1, -0.05) is 18.2 Å². The second-order valence-corrected chi connectivity index (χ2v) is 6.21. The van der Waals surface area contributed by atoms with Crippen LogP contribution in [0.15, 0.2) is 18.2 Å². The van der Waals surface area contributed by atoms with Gasteiger partial charge in [0.15, 0.2) is 0 Å². The number of carboxylic acids is 1. The van der Waals surface area contributed by atoms with Crippen LogP contribution in [0.25, 0.3) is 0 Å². The van der Waals surface area contributed by atoms with Crippen LogP contribution in [0.5, 0.6) is 0 Å². The molecule has 0 aromatic heterocycles. The van der Waals surface area contributed by atoms with Gasteiger partial charge in [0.05, 0.1) is 6.42 Å². The summed E-state index contributed by atoms with van der Waals surface area (Å²) in [6.45, 7) is 1.73. The summed E-state index contributed by atoms with van der Waals surface area (Å²) in [4.78, 5) is 13.1. The molecule has 2 N–H and O–H groups in total. The van der Waals surface area contributed by atoms with E-state index >= 15 is 0 Å². The van der Waals surface area contributed by atoms with Crippen molar-refractivity contribution in [1.82, 2.24) is 10.2 Å². The lowest BCUT2D eigenvalue weighted by Crippen LogP contribution is -2.37. The van der Waals surface area contributed by atoms with Crippen molar-refractivity contribution in [3.63, 3.8) is 0 Å². The van der Waals surface area contributed by atoms with Gasteiger partial charge in [0.25, 0.3) is 0 Å². The maximum Gasteiger partial charge on any atom is 0.304 e. The molecule has 1 aromatic carbocycles. The van der Waals surface area contributed by atoms with Crippen LogP contribution in [0, 0.1) is 0 Å². The first kappa shape index (κ1) is 16.0. The number of rotatable bonds is 8. The summed E-state index contributed by atoms with van der Waals surface area (Å²) in [6.07, 6.45) is 4.56. The Morgan fingerprint density at radius 3 is 2.81 bits per heavy atom. The quantitative estimate of drug-likeness (QED) is 0.765. The van der Waals surface area contributed by atoms with Crippen LogP contribution < -0.4 is 5.32 Å². The monoisotopic (exact) mass is 290 g/mol. The molecule has 2 rings (SSSR count). The van der Waals surface area contributed by atoms with Crippen molar-refractivity contribution in [2.75, 3.05) is 27.2 Å². The minimum absolute atomic E-state index is 0.00176. The standard InChI is InChI=1S/C17H26N2O2/c1-19(2)9-8-18-16(12-17(20)21)11-13-6-7-14-4-3-5-15(14)10-13/h6-7,10,16,18H,3-5,8-9,11-12H2,1-2H3,(H,20,21). The van der Waals surface area contributed by atoms with Gasteiger partial charge in [-0.15, -0.1) is 0 Å². The van der Waals surface area contributed by atoms with Crippen LogP contribution in [0.1, 0.15) is 29.5 Å². The Kier molecular flexibility index (Phi) is 5.76. The van der Waals surface area contributed by atoms with Crippen molar-refractivity contribution in [2.45, 2.75) is 38.1 Å². The van der Waals surface area contributed by atoms with E-state index in [1.807, 2.05) is 14.1 Å². The van der Waals surface area contributed by atoms with Crippen molar-refractivity contribution >= 4 is 5.97 Å². The average molecular weight is 290 g/mol. The van der Waals surface area contributed by atoms with Crippen LogP contribution in [-0.4, -0.2) is 49.2 Å². The number of hydrogen-bond donors (Lipinski definition) is 2. The van der Waals surface area contributed by atoms with Gasteiger partial charge in [-0.05, 0) is 56.5 Å². The molecule has 21 heavy (non-hydrogen) atoms. The molecule has 4 nitrogen and oxygen atoms in total. The first-order valence-electron chi connectivity index (χ1n) is 7.75. The summed E-state index contributed by atoms with van der Waals surface area (Å²) in [6, 6.07) is 6.65. The molecule has 0 spiro atoms. The summed E-state index contributed by atoms with van der Waals surface area (Å²) in [7, 11) is 4.04. The van der Waals surface area contributed by atoms with Gasteiger partial charge in [-0.25, -0.2) is 0 Å². The van der Waals surface area contributed by atoms with E-state index in [1.165, 1.54) is 36.0 Å². The molecule has 0 saturated carbocycles. The third-order valence-electron chi connectivity index (χ3n) is 4.06. The van der Waals surface area contributed by atoms with Gasteiger partial charge in [-0.2, -0.15) is 0 Å². The molecular formula is C17H26N2O2. The molecule has 116 valence electrons. The van der Waals surface area contributed by atoms with Crippen molar-refractivity contribution in [3.05, 3.63) is 34.9 Å². The highest BCUT2D eigenvalue weighted by atomic mass is 16.4. The number of carbonyl (C=O) groups is 1. The van der Waals surface area contributed by atoms with E-state index in [2.05, 4.69) is 28.4 Å². The summed E-state index contributed by atoms with van der Waals surface area (Å²) in [5.74, 6) is -0.737. The van der Waals surface area contributed by atoms with Crippen molar-refractivity contribution in [2.24, 2.45) is 0 Å². The number of nitrogens with zero attached hydrogens (tertiary/aromatic N) is 1. The molecule has 1 atom stereocenters. The molecule has 0 bridgehead atoms. The van der Waals surface area contributed by atoms with E-state index in [-0.39, 0.29) is 12.5 Å². The Morgan fingerprint density at radius 1 is 1.33 bits per heavy atom. The number of hydrogen-bond acceptors (Lipinski definition) is 3. The minimum atomic E-state index is -0.737. The fraction of sp³-hybridized carbons (Fsp3) is 0.588. The summed E-state index contributed by atoms with van der Waals surface area (Å²) >= 11 is 0. The number of nitrogens with one attached hydrogen (secondary N) is 1. The highest BCUT2D eigenvalue weighted by Crippen LogP contribution is 2.23. The Balaban J connectivity index is 1.95. The SMILES string of the molecule is CN(C)CCNC(CC(=O)O)Cc1ccc2c(c1)CCC2. The van der Waals surface area contributed by atoms with Gasteiger partial charge in [-0.3, -0.25) is 4.79 Å². The molecule has 1 unspecified atom stereocenters. The van der Waals surface area contributed by atoms with Crippen LogP contribution in [0.4, 0.5) is 0 Å². The highest BCUT2D eigenvalue weighted by molar-refractivity contribution is 5.67. The molecule has 0 radical (unpaired) electrons. The average Bonchev–Trinajstić information content (AvgIpc) is 2.84. The van der Waals surface area contributed by atoms with Gasteiger partial charge in [0.2, 0.25) is 0 Å².